The molecule has 0 aliphatic carbocycles. The van der Waals surface area contributed by atoms with Crippen molar-refractivity contribution in [3.05, 3.63) is 69.9 Å². The molecule has 3 rings (SSSR count). The molecule has 1 heterocycles. The summed E-state index contributed by atoms with van der Waals surface area (Å²) in [5.41, 5.74) is 4.53. The molecule has 0 aliphatic rings. The first-order chi connectivity index (χ1) is 13.3. The van der Waals surface area contributed by atoms with E-state index in [2.05, 4.69) is 5.32 Å². The summed E-state index contributed by atoms with van der Waals surface area (Å²) in [6.07, 6.45) is 1.60. The molecule has 0 radical (unpaired) electrons. The van der Waals surface area contributed by atoms with Crippen molar-refractivity contribution in [2.75, 3.05) is 6.61 Å². The molecule has 2 aromatic carbocycles. The second-order valence-electron chi connectivity index (χ2n) is 6.84. The lowest BCUT2D eigenvalue weighted by Crippen LogP contribution is -2.31. The van der Waals surface area contributed by atoms with E-state index in [4.69, 9.17) is 20.8 Å². The summed E-state index contributed by atoms with van der Waals surface area (Å²) in [6.45, 7) is 5.49. The minimum atomic E-state index is -0.485. The van der Waals surface area contributed by atoms with Crippen LogP contribution in [0.2, 0.25) is 5.02 Å². The van der Waals surface area contributed by atoms with E-state index in [1.165, 1.54) is 0 Å². The third-order valence-corrected chi connectivity index (χ3v) is 5.06. The summed E-state index contributed by atoms with van der Waals surface area (Å²) in [7, 11) is 0. The minimum absolute atomic E-state index is 0.0445. The molecule has 0 fully saturated rings. The van der Waals surface area contributed by atoms with Crippen LogP contribution in [-0.2, 0) is 20.7 Å². The first-order valence-electron chi connectivity index (χ1n) is 9.02. The SMILES string of the molecule is Cc1cc2occ(CC(=O)OCC(=O)N[C@@H](C)c3ccccc3Cl)c2cc1C. The van der Waals surface area contributed by atoms with E-state index < -0.39 is 5.97 Å². The lowest BCUT2D eigenvalue weighted by atomic mass is 10.0. The number of fused-ring (bicyclic) bond motifs is 1. The van der Waals surface area contributed by atoms with E-state index >= 15 is 0 Å². The summed E-state index contributed by atoms with van der Waals surface area (Å²) in [5.74, 6) is -0.870. The van der Waals surface area contributed by atoms with Gasteiger partial charge in [-0.2, -0.15) is 0 Å². The zero-order valence-electron chi connectivity index (χ0n) is 16.0. The first kappa shape index (κ1) is 20.0. The van der Waals surface area contributed by atoms with E-state index in [1.54, 1.807) is 12.3 Å². The number of ether oxygens (including phenoxy) is 1. The summed E-state index contributed by atoms with van der Waals surface area (Å²) in [6, 6.07) is 10.9. The maximum absolute atomic E-state index is 12.2. The molecule has 0 bridgehead atoms. The fourth-order valence-corrected chi connectivity index (χ4v) is 3.31. The number of carbonyl (C=O) groups is 2. The fraction of sp³-hybridized carbons (Fsp3) is 0.273. The van der Waals surface area contributed by atoms with Gasteiger partial charge < -0.3 is 14.5 Å². The summed E-state index contributed by atoms with van der Waals surface area (Å²) >= 11 is 6.13. The Balaban J connectivity index is 1.55. The Morgan fingerprint density at radius 3 is 2.64 bits per heavy atom. The van der Waals surface area contributed by atoms with E-state index in [-0.39, 0.29) is 25.0 Å². The van der Waals surface area contributed by atoms with Crippen molar-refractivity contribution < 1.29 is 18.7 Å². The molecule has 0 saturated heterocycles. The molecule has 0 spiro atoms. The third-order valence-electron chi connectivity index (χ3n) is 4.72. The lowest BCUT2D eigenvalue weighted by Gasteiger charge is -2.15. The van der Waals surface area contributed by atoms with Crippen molar-refractivity contribution in [3.8, 4) is 0 Å². The van der Waals surface area contributed by atoms with Crippen molar-refractivity contribution in [1.29, 1.82) is 0 Å². The first-order valence-corrected chi connectivity index (χ1v) is 9.39. The van der Waals surface area contributed by atoms with Gasteiger partial charge in [0.15, 0.2) is 6.61 Å². The van der Waals surface area contributed by atoms with E-state index in [9.17, 15) is 9.59 Å². The zero-order valence-corrected chi connectivity index (χ0v) is 16.8. The Hall–Kier alpha value is -2.79. The predicted molar refractivity (Wildman–Crippen MR) is 108 cm³/mol. The highest BCUT2D eigenvalue weighted by atomic mass is 35.5. The fourth-order valence-electron chi connectivity index (χ4n) is 3.01. The Morgan fingerprint density at radius 2 is 1.89 bits per heavy atom. The van der Waals surface area contributed by atoms with Crippen LogP contribution in [0.4, 0.5) is 0 Å². The van der Waals surface area contributed by atoms with Crippen LogP contribution in [0.5, 0.6) is 0 Å². The smallest absolute Gasteiger partial charge is 0.310 e. The number of esters is 1. The zero-order chi connectivity index (χ0) is 20.3. The second kappa shape index (κ2) is 8.48. The largest absolute Gasteiger partial charge is 0.464 e. The topological polar surface area (TPSA) is 68.5 Å². The molecule has 1 atom stereocenters. The van der Waals surface area contributed by atoms with Crippen molar-refractivity contribution in [2.45, 2.75) is 33.2 Å². The number of carbonyl (C=O) groups excluding carboxylic acids is 2. The number of amides is 1. The third kappa shape index (κ3) is 4.54. The van der Waals surface area contributed by atoms with Gasteiger partial charge in [-0.1, -0.05) is 29.8 Å². The average molecular weight is 400 g/mol. The molecule has 5 nitrogen and oxygen atoms in total. The molecule has 3 aromatic rings. The van der Waals surface area contributed by atoms with Crippen LogP contribution in [0.1, 0.15) is 35.2 Å². The lowest BCUT2D eigenvalue weighted by molar-refractivity contribution is -0.148. The summed E-state index contributed by atoms with van der Waals surface area (Å²) in [5, 5.41) is 4.24. The van der Waals surface area contributed by atoms with Gasteiger partial charge in [0.25, 0.3) is 5.91 Å². The quantitative estimate of drug-likeness (QED) is 0.612. The van der Waals surface area contributed by atoms with Crippen molar-refractivity contribution >= 4 is 34.4 Å². The van der Waals surface area contributed by atoms with Crippen LogP contribution in [0.3, 0.4) is 0 Å². The summed E-state index contributed by atoms with van der Waals surface area (Å²) in [4.78, 5) is 24.2. The number of hydrogen-bond donors (Lipinski definition) is 1. The van der Waals surface area contributed by atoms with Gasteiger partial charge in [-0.05, 0) is 55.7 Å². The minimum Gasteiger partial charge on any atom is -0.464 e. The number of benzene rings is 2. The Kier molecular flexibility index (Phi) is 6.05. The molecule has 146 valence electrons. The van der Waals surface area contributed by atoms with Crippen molar-refractivity contribution in [2.24, 2.45) is 0 Å². The molecule has 1 aromatic heterocycles. The van der Waals surface area contributed by atoms with Gasteiger partial charge in [-0.15, -0.1) is 0 Å². The number of hydrogen-bond acceptors (Lipinski definition) is 4. The highest BCUT2D eigenvalue weighted by Crippen LogP contribution is 2.25. The van der Waals surface area contributed by atoms with Gasteiger partial charge in [0.2, 0.25) is 0 Å². The highest BCUT2D eigenvalue weighted by molar-refractivity contribution is 6.31. The number of halogens is 1. The molecule has 0 aliphatic heterocycles. The van der Waals surface area contributed by atoms with Crippen LogP contribution >= 0.6 is 11.6 Å². The monoisotopic (exact) mass is 399 g/mol. The van der Waals surface area contributed by atoms with Gasteiger partial charge in [-0.25, -0.2) is 0 Å². The second-order valence-corrected chi connectivity index (χ2v) is 7.25. The maximum atomic E-state index is 12.2. The van der Waals surface area contributed by atoms with Crippen LogP contribution in [0, 0.1) is 13.8 Å². The Bertz CT molecular complexity index is 1020. The number of rotatable bonds is 6. The van der Waals surface area contributed by atoms with Crippen molar-refractivity contribution in [3.63, 3.8) is 0 Å². The maximum Gasteiger partial charge on any atom is 0.310 e. The van der Waals surface area contributed by atoms with E-state index in [1.807, 2.05) is 51.1 Å². The number of nitrogens with one attached hydrogen (secondary N) is 1. The van der Waals surface area contributed by atoms with E-state index in [0.29, 0.717) is 5.02 Å². The van der Waals surface area contributed by atoms with Crippen molar-refractivity contribution in [1.82, 2.24) is 5.32 Å². The molecule has 0 saturated carbocycles. The van der Waals surface area contributed by atoms with Crippen LogP contribution in [0.15, 0.2) is 47.1 Å². The summed E-state index contributed by atoms with van der Waals surface area (Å²) < 4.78 is 10.6. The predicted octanol–water partition coefficient (Wildman–Crippen LogP) is 4.67. The molecular weight excluding hydrogens is 378 g/mol. The number of furan rings is 1. The molecule has 6 heteroatoms. The number of aryl methyl sites for hydroxylation is 2. The molecule has 0 unspecified atom stereocenters. The molecule has 1 N–H and O–H groups in total. The highest BCUT2D eigenvalue weighted by Gasteiger charge is 2.16. The van der Waals surface area contributed by atoms with E-state index in [0.717, 1.165) is 33.2 Å². The van der Waals surface area contributed by atoms with Gasteiger partial charge in [0.05, 0.1) is 18.7 Å². The van der Waals surface area contributed by atoms with Gasteiger partial charge >= 0.3 is 5.97 Å². The van der Waals surface area contributed by atoms with Crippen LogP contribution < -0.4 is 5.32 Å². The average Bonchev–Trinajstić information content (AvgIpc) is 3.02. The molecule has 28 heavy (non-hydrogen) atoms. The van der Waals surface area contributed by atoms with Crippen LogP contribution in [-0.4, -0.2) is 18.5 Å². The standard InChI is InChI=1S/C22H22ClNO4/c1-13-8-18-16(11-27-20(18)9-14(13)2)10-22(26)28-12-21(25)24-15(3)17-6-4-5-7-19(17)23/h4-9,11,15H,10,12H2,1-3H3,(H,24,25)/t15-/m0/s1. The van der Waals surface area contributed by atoms with Gasteiger partial charge in [0.1, 0.15) is 5.58 Å². The Morgan fingerprint density at radius 1 is 1.18 bits per heavy atom. The molecule has 1 amide bonds. The van der Waals surface area contributed by atoms with Gasteiger partial charge in [-0.3, -0.25) is 9.59 Å². The van der Waals surface area contributed by atoms with Gasteiger partial charge in [0, 0.05) is 16.0 Å². The molecular formula is C22H22ClNO4. The van der Waals surface area contributed by atoms with Crippen LogP contribution in [0.25, 0.3) is 11.0 Å². The Labute approximate surface area is 168 Å². The normalized spacial score (nSPS) is 12.0.